The highest BCUT2D eigenvalue weighted by Crippen LogP contribution is 2.40. The third-order valence-corrected chi connectivity index (χ3v) is 4.78. The first kappa shape index (κ1) is 19.8. The molecule has 30 heavy (non-hydrogen) atoms. The monoisotopic (exact) mass is 418 g/mol. The Balaban J connectivity index is 1.90. The summed E-state index contributed by atoms with van der Waals surface area (Å²) in [6, 6.07) is 7.01. The number of nitrogens with zero attached hydrogens (tertiary/aromatic N) is 2. The van der Waals surface area contributed by atoms with Crippen molar-refractivity contribution in [2.75, 3.05) is 0 Å². The van der Waals surface area contributed by atoms with Crippen LogP contribution in [-0.2, 0) is 0 Å². The van der Waals surface area contributed by atoms with Gasteiger partial charge in [-0.15, -0.1) is 0 Å². The van der Waals surface area contributed by atoms with Gasteiger partial charge in [0.2, 0.25) is 0 Å². The van der Waals surface area contributed by atoms with Gasteiger partial charge in [0.1, 0.15) is 29.0 Å². The van der Waals surface area contributed by atoms with E-state index in [0.717, 1.165) is 12.1 Å². The standard InChI is InChI=1S/C21H14F4N2O3/c1-9-15(19(26-29-9)11-5-3-7-13(22)17(11)24)21(28)16-10(2)30-27-20(16)12-6-4-8-14(23)18(12)25/h3-8,21,28H,1-2H3. The van der Waals surface area contributed by atoms with Gasteiger partial charge in [0.15, 0.2) is 23.3 Å². The van der Waals surface area contributed by atoms with Crippen molar-refractivity contribution in [1.82, 2.24) is 10.3 Å². The Morgan fingerprint density at radius 1 is 0.733 bits per heavy atom. The summed E-state index contributed by atoms with van der Waals surface area (Å²) < 4.78 is 66.3. The molecule has 0 aliphatic heterocycles. The molecule has 0 saturated carbocycles. The van der Waals surface area contributed by atoms with Crippen LogP contribution in [0.4, 0.5) is 17.6 Å². The molecular weight excluding hydrogens is 404 g/mol. The van der Waals surface area contributed by atoms with Gasteiger partial charge in [0.25, 0.3) is 0 Å². The van der Waals surface area contributed by atoms with Gasteiger partial charge < -0.3 is 14.2 Å². The number of halogens is 4. The number of aromatic nitrogens is 2. The smallest absolute Gasteiger partial charge is 0.168 e. The van der Waals surface area contributed by atoms with Crippen molar-refractivity contribution in [3.63, 3.8) is 0 Å². The van der Waals surface area contributed by atoms with Gasteiger partial charge in [-0.3, -0.25) is 0 Å². The normalized spacial score (nSPS) is 11.5. The van der Waals surface area contributed by atoms with E-state index >= 15 is 0 Å². The largest absolute Gasteiger partial charge is 0.383 e. The van der Waals surface area contributed by atoms with Crippen LogP contribution in [0, 0.1) is 37.1 Å². The van der Waals surface area contributed by atoms with E-state index in [2.05, 4.69) is 10.3 Å². The minimum absolute atomic E-state index is 0.0175. The average molecular weight is 418 g/mol. The molecule has 2 aromatic carbocycles. The number of aryl methyl sites for hydroxylation is 2. The number of aliphatic hydroxyl groups is 1. The topological polar surface area (TPSA) is 72.3 Å². The van der Waals surface area contributed by atoms with Gasteiger partial charge in [-0.1, -0.05) is 22.4 Å². The van der Waals surface area contributed by atoms with E-state index in [1.807, 2.05) is 0 Å². The Kier molecular flexibility index (Phi) is 4.90. The third kappa shape index (κ3) is 3.07. The average Bonchev–Trinajstić information content (AvgIpc) is 3.28. The summed E-state index contributed by atoms with van der Waals surface area (Å²) in [6.45, 7) is 2.94. The molecule has 0 bridgehead atoms. The van der Waals surface area contributed by atoms with Crippen molar-refractivity contribution in [2.45, 2.75) is 20.0 Å². The zero-order valence-corrected chi connectivity index (χ0v) is 15.7. The fourth-order valence-corrected chi connectivity index (χ4v) is 3.31. The summed E-state index contributed by atoms with van der Waals surface area (Å²) in [5.41, 5.74) is -0.693. The first-order valence-electron chi connectivity index (χ1n) is 8.80. The Bertz CT molecular complexity index is 1150. The van der Waals surface area contributed by atoms with Crippen LogP contribution in [0.2, 0.25) is 0 Å². The van der Waals surface area contributed by atoms with E-state index in [1.54, 1.807) is 0 Å². The summed E-state index contributed by atoms with van der Waals surface area (Å²) in [5, 5.41) is 18.6. The lowest BCUT2D eigenvalue weighted by atomic mass is 9.93. The molecule has 0 saturated heterocycles. The Labute approximate surface area is 167 Å². The van der Waals surface area contributed by atoms with Crippen molar-refractivity contribution < 1.29 is 31.7 Å². The molecule has 0 atom stereocenters. The second kappa shape index (κ2) is 7.42. The Morgan fingerprint density at radius 3 is 1.53 bits per heavy atom. The number of hydrogen-bond acceptors (Lipinski definition) is 5. The van der Waals surface area contributed by atoms with Crippen LogP contribution in [-0.4, -0.2) is 15.4 Å². The van der Waals surface area contributed by atoms with Crippen molar-refractivity contribution in [3.05, 3.63) is 82.3 Å². The van der Waals surface area contributed by atoms with Gasteiger partial charge in [-0.2, -0.15) is 0 Å². The molecule has 0 radical (unpaired) electrons. The first-order valence-corrected chi connectivity index (χ1v) is 8.80. The third-order valence-electron chi connectivity index (χ3n) is 4.78. The van der Waals surface area contributed by atoms with E-state index in [0.29, 0.717) is 0 Å². The van der Waals surface area contributed by atoms with Crippen LogP contribution in [0.3, 0.4) is 0 Å². The Hall–Kier alpha value is -3.46. The van der Waals surface area contributed by atoms with Gasteiger partial charge in [-0.05, 0) is 38.1 Å². The zero-order chi connectivity index (χ0) is 21.6. The number of rotatable bonds is 4. The minimum Gasteiger partial charge on any atom is -0.383 e. The lowest BCUT2D eigenvalue weighted by molar-refractivity contribution is 0.216. The molecular formula is C21H14F4N2O3. The molecule has 4 rings (SSSR count). The minimum atomic E-state index is -1.56. The van der Waals surface area contributed by atoms with Crippen LogP contribution < -0.4 is 0 Å². The highest BCUT2D eigenvalue weighted by Gasteiger charge is 2.32. The summed E-state index contributed by atoms with van der Waals surface area (Å²) in [4.78, 5) is 0. The van der Waals surface area contributed by atoms with Crippen LogP contribution in [0.25, 0.3) is 22.5 Å². The summed E-state index contributed by atoms with van der Waals surface area (Å²) >= 11 is 0. The molecule has 0 unspecified atom stereocenters. The number of benzene rings is 2. The maximum absolute atomic E-state index is 14.3. The van der Waals surface area contributed by atoms with E-state index in [4.69, 9.17) is 9.05 Å². The molecule has 0 fully saturated rings. The molecule has 5 nitrogen and oxygen atoms in total. The quantitative estimate of drug-likeness (QED) is 0.458. The van der Waals surface area contributed by atoms with Crippen molar-refractivity contribution in [2.24, 2.45) is 0 Å². The van der Waals surface area contributed by atoms with Crippen LogP contribution in [0.5, 0.6) is 0 Å². The van der Waals surface area contributed by atoms with E-state index < -0.39 is 29.4 Å². The molecule has 2 heterocycles. The van der Waals surface area contributed by atoms with Crippen LogP contribution >= 0.6 is 0 Å². The summed E-state index contributed by atoms with van der Waals surface area (Å²) in [5.74, 6) is -4.30. The molecule has 154 valence electrons. The molecule has 2 aromatic heterocycles. The van der Waals surface area contributed by atoms with Crippen molar-refractivity contribution in [1.29, 1.82) is 0 Å². The maximum atomic E-state index is 14.3. The predicted molar refractivity (Wildman–Crippen MR) is 97.2 cm³/mol. The highest BCUT2D eigenvalue weighted by molar-refractivity contribution is 5.70. The summed E-state index contributed by atoms with van der Waals surface area (Å²) in [7, 11) is 0. The van der Waals surface area contributed by atoms with Gasteiger partial charge in [0, 0.05) is 11.1 Å². The van der Waals surface area contributed by atoms with Crippen LogP contribution in [0.1, 0.15) is 28.8 Å². The molecule has 0 aliphatic carbocycles. The molecule has 0 amide bonds. The molecule has 9 heteroatoms. The lowest BCUT2D eigenvalue weighted by Crippen LogP contribution is -2.06. The van der Waals surface area contributed by atoms with Gasteiger partial charge in [-0.25, -0.2) is 17.6 Å². The highest BCUT2D eigenvalue weighted by atomic mass is 19.2. The number of aliphatic hydroxyl groups excluding tert-OH is 1. The van der Waals surface area contributed by atoms with Gasteiger partial charge >= 0.3 is 0 Å². The van der Waals surface area contributed by atoms with E-state index in [1.165, 1.54) is 38.1 Å². The summed E-state index contributed by atoms with van der Waals surface area (Å²) in [6.07, 6.45) is -1.56. The van der Waals surface area contributed by atoms with Gasteiger partial charge in [0.05, 0.1) is 11.1 Å². The van der Waals surface area contributed by atoms with E-state index in [9.17, 15) is 22.7 Å². The van der Waals surface area contributed by atoms with E-state index in [-0.39, 0.29) is 45.2 Å². The van der Waals surface area contributed by atoms with Crippen molar-refractivity contribution in [3.8, 4) is 22.5 Å². The predicted octanol–water partition coefficient (Wildman–Crippen LogP) is 5.25. The second-order valence-corrected chi connectivity index (χ2v) is 6.61. The lowest BCUT2D eigenvalue weighted by Gasteiger charge is -2.13. The maximum Gasteiger partial charge on any atom is 0.168 e. The fourth-order valence-electron chi connectivity index (χ4n) is 3.31. The van der Waals surface area contributed by atoms with Crippen molar-refractivity contribution >= 4 is 0 Å². The molecule has 0 spiro atoms. The first-order chi connectivity index (χ1) is 14.3. The van der Waals surface area contributed by atoms with Crippen LogP contribution in [0.15, 0.2) is 45.4 Å². The SMILES string of the molecule is Cc1onc(-c2cccc(F)c2F)c1C(O)c1c(-c2cccc(F)c2F)noc1C. The molecule has 4 aromatic rings. The number of hydrogen-bond donors (Lipinski definition) is 1. The zero-order valence-electron chi connectivity index (χ0n) is 15.7. The Morgan fingerprint density at radius 2 is 1.13 bits per heavy atom. The fraction of sp³-hybridized carbons (Fsp3) is 0.143. The molecule has 1 N–H and O–H groups in total. The molecule has 0 aliphatic rings. The second-order valence-electron chi connectivity index (χ2n) is 6.61.